The number of carbonyl (C=O) groups excluding carboxylic acids is 2. The molecule has 266 valence electrons. The standard InChI is InChI=1S/C41H74N2O3/c1-4-7-10-13-16-17-18-19-20-21-24-27-30-35-46-39-36-37(40(44)42-33-28-25-22-14-11-8-5-2)31-32-38(39)41(45)43-34-29-26-23-15-12-9-6-3/h31-32,36H,4-30,33-35H2,1-3H3,(H,42,44)(H,43,45). The molecule has 5 nitrogen and oxygen atoms in total. The van der Waals surface area contributed by atoms with E-state index in [9.17, 15) is 9.59 Å². The van der Waals surface area contributed by atoms with E-state index < -0.39 is 0 Å². The number of carbonyl (C=O) groups is 2. The normalized spacial score (nSPS) is 11.1. The summed E-state index contributed by atoms with van der Waals surface area (Å²) >= 11 is 0. The van der Waals surface area contributed by atoms with Crippen LogP contribution in [0.4, 0.5) is 0 Å². The van der Waals surface area contributed by atoms with E-state index in [0.717, 1.165) is 38.5 Å². The van der Waals surface area contributed by atoms with Crippen LogP contribution < -0.4 is 15.4 Å². The van der Waals surface area contributed by atoms with Crippen molar-refractivity contribution in [3.05, 3.63) is 29.3 Å². The van der Waals surface area contributed by atoms with Gasteiger partial charge in [0.2, 0.25) is 0 Å². The van der Waals surface area contributed by atoms with Crippen LogP contribution in [0.2, 0.25) is 0 Å². The summed E-state index contributed by atoms with van der Waals surface area (Å²) in [6.45, 7) is 8.68. The lowest BCUT2D eigenvalue weighted by atomic mass is 10.0. The third-order valence-corrected chi connectivity index (χ3v) is 9.13. The van der Waals surface area contributed by atoms with Crippen molar-refractivity contribution < 1.29 is 14.3 Å². The highest BCUT2D eigenvalue weighted by Gasteiger charge is 2.16. The molecule has 0 saturated heterocycles. The first-order valence-electron chi connectivity index (χ1n) is 20.0. The fraction of sp³-hybridized carbons (Fsp3) is 0.805. The Kier molecular flexibility index (Phi) is 28.8. The fourth-order valence-electron chi connectivity index (χ4n) is 6.04. The number of hydrogen-bond donors (Lipinski definition) is 2. The van der Waals surface area contributed by atoms with Gasteiger partial charge in [0, 0.05) is 18.7 Å². The van der Waals surface area contributed by atoms with Crippen molar-refractivity contribution in [2.75, 3.05) is 19.7 Å². The van der Waals surface area contributed by atoms with Gasteiger partial charge in [0.25, 0.3) is 11.8 Å². The highest BCUT2D eigenvalue weighted by atomic mass is 16.5. The summed E-state index contributed by atoms with van der Waals surface area (Å²) in [5, 5.41) is 6.16. The van der Waals surface area contributed by atoms with Gasteiger partial charge in [-0.2, -0.15) is 0 Å². The third kappa shape index (κ3) is 23.3. The molecule has 0 atom stereocenters. The van der Waals surface area contributed by atoms with Crippen LogP contribution in [-0.2, 0) is 0 Å². The lowest BCUT2D eigenvalue weighted by Gasteiger charge is -2.14. The van der Waals surface area contributed by atoms with Crippen LogP contribution in [0.1, 0.15) is 215 Å². The van der Waals surface area contributed by atoms with E-state index in [1.807, 2.05) is 0 Å². The largest absolute Gasteiger partial charge is 0.493 e. The molecule has 0 aliphatic rings. The Morgan fingerprint density at radius 1 is 0.478 bits per heavy atom. The molecule has 46 heavy (non-hydrogen) atoms. The van der Waals surface area contributed by atoms with Gasteiger partial charge in [0.15, 0.2) is 0 Å². The van der Waals surface area contributed by atoms with Crippen molar-refractivity contribution in [2.24, 2.45) is 0 Å². The van der Waals surface area contributed by atoms with E-state index in [1.165, 1.54) is 135 Å². The monoisotopic (exact) mass is 643 g/mol. The van der Waals surface area contributed by atoms with Gasteiger partial charge in [0.05, 0.1) is 12.2 Å². The minimum Gasteiger partial charge on any atom is -0.493 e. The summed E-state index contributed by atoms with van der Waals surface area (Å²) in [4.78, 5) is 26.0. The van der Waals surface area contributed by atoms with Crippen LogP contribution >= 0.6 is 0 Å². The molecule has 0 unspecified atom stereocenters. The topological polar surface area (TPSA) is 67.4 Å². The molecule has 0 radical (unpaired) electrons. The Balaban J connectivity index is 2.48. The van der Waals surface area contributed by atoms with Crippen molar-refractivity contribution in [3.63, 3.8) is 0 Å². The van der Waals surface area contributed by atoms with Crippen LogP contribution in [0.15, 0.2) is 18.2 Å². The van der Waals surface area contributed by atoms with Crippen molar-refractivity contribution in [3.8, 4) is 5.75 Å². The summed E-state index contributed by atoms with van der Waals surface area (Å²) in [5.41, 5.74) is 1.09. The van der Waals surface area contributed by atoms with E-state index in [-0.39, 0.29) is 11.8 Å². The van der Waals surface area contributed by atoms with Gasteiger partial charge in [-0.25, -0.2) is 0 Å². The van der Waals surface area contributed by atoms with Gasteiger partial charge < -0.3 is 15.4 Å². The molecular formula is C41H74N2O3. The van der Waals surface area contributed by atoms with Crippen LogP contribution in [0.3, 0.4) is 0 Å². The van der Waals surface area contributed by atoms with Gasteiger partial charge in [0.1, 0.15) is 5.75 Å². The summed E-state index contributed by atoms with van der Waals surface area (Å²) in [6, 6.07) is 5.30. The highest BCUT2D eigenvalue weighted by molar-refractivity contribution is 6.00. The van der Waals surface area contributed by atoms with Gasteiger partial charge >= 0.3 is 0 Å². The van der Waals surface area contributed by atoms with Crippen molar-refractivity contribution in [1.82, 2.24) is 10.6 Å². The maximum Gasteiger partial charge on any atom is 0.255 e. The van der Waals surface area contributed by atoms with Crippen molar-refractivity contribution in [2.45, 2.75) is 194 Å². The summed E-state index contributed by atoms with van der Waals surface area (Å²) in [6.07, 6.45) is 34.1. The van der Waals surface area contributed by atoms with E-state index in [0.29, 0.717) is 36.6 Å². The molecule has 0 saturated carbocycles. The predicted octanol–water partition coefficient (Wildman–Crippen LogP) is 12.1. The molecule has 0 aliphatic heterocycles. The number of ether oxygens (including phenoxy) is 1. The van der Waals surface area contributed by atoms with Gasteiger partial charge in [-0.3, -0.25) is 9.59 Å². The molecule has 0 aliphatic carbocycles. The first-order valence-corrected chi connectivity index (χ1v) is 20.0. The predicted molar refractivity (Wildman–Crippen MR) is 198 cm³/mol. The Bertz CT molecular complexity index is 856. The lowest BCUT2D eigenvalue weighted by molar-refractivity contribution is 0.0937. The maximum atomic E-state index is 13.1. The second kappa shape index (κ2) is 31.6. The SMILES string of the molecule is CCCCCCCCCCCCCCCOc1cc(C(=O)NCCCCCCCCC)ccc1C(=O)NCCCCCCCCC. The Labute approximate surface area is 285 Å². The van der Waals surface area contributed by atoms with E-state index in [2.05, 4.69) is 31.4 Å². The second-order valence-electron chi connectivity index (χ2n) is 13.6. The number of amides is 2. The minimum atomic E-state index is -0.110. The van der Waals surface area contributed by atoms with Crippen LogP contribution in [0.5, 0.6) is 5.75 Å². The van der Waals surface area contributed by atoms with Crippen LogP contribution in [0.25, 0.3) is 0 Å². The molecule has 0 bridgehead atoms. The van der Waals surface area contributed by atoms with Crippen molar-refractivity contribution in [1.29, 1.82) is 0 Å². The molecule has 2 amide bonds. The Morgan fingerprint density at radius 3 is 1.28 bits per heavy atom. The molecule has 2 N–H and O–H groups in total. The number of nitrogens with one attached hydrogen (secondary N) is 2. The van der Waals surface area contributed by atoms with E-state index in [1.54, 1.807) is 18.2 Å². The van der Waals surface area contributed by atoms with Crippen LogP contribution in [-0.4, -0.2) is 31.5 Å². The zero-order valence-electron chi connectivity index (χ0n) is 30.7. The van der Waals surface area contributed by atoms with Crippen molar-refractivity contribution >= 4 is 11.8 Å². The molecular weight excluding hydrogens is 568 g/mol. The molecule has 0 heterocycles. The van der Waals surface area contributed by atoms with Gasteiger partial charge in [-0.1, -0.05) is 175 Å². The first-order chi connectivity index (χ1) is 22.6. The van der Waals surface area contributed by atoms with E-state index >= 15 is 0 Å². The van der Waals surface area contributed by atoms with Gasteiger partial charge in [-0.05, 0) is 37.5 Å². The number of rotatable bonds is 33. The smallest absolute Gasteiger partial charge is 0.255 e. The quantitative estimate of drug-likeness (QED) is 0.0750. The molecule has 0 fully saturated rings. The second-order valence-corrected chi connectivity index (χ2v) is 13.6. The number of unbranched alkanes of at least 4 members (excludes halogenated alkanes) is 24. The van der Waals surface area contributed by atoms with Gasteiger partial charge in [-0.15, -0.1) is 0 Å². The maximum absolute atomic E-state index is 13.1. The first kappa shape index (κ1) is 42.0. The van der Waals surface area contributed by atoms with E-state index in [4.69, 9.17) is 4.74 Å². The fourth-order valence-corrected chi connectivity index (χ4v) is 6.04. The number of benzene rings is 1. The summed E-state index contributed by atoms with van der Waals surface area (Å²) in [7, 11) is 0. The molecule has 1 rings (SSSR count). The molecule has 0 aromatic heterocycles. The molecule has 0 spiro atoms. The molecule has 5 heteroatoms. The average Bonchev–Trinajstić information content (AvgIpc) is 3.07. The highest BCUT2D eigenvalue weighted by Crippen LogP contribution is 2.22. The number of hydrogen-bond acceptors (Lipinski definition) is 3. The Morgan fingerprint density at radius 2 is 0.848 bits per heavy atom. The summed E-state index contributed by atoms with van der Waals surface area (Å²) in [5.74, 6) is 0.327. The zero-order chi connectivity index (χ0) is 33.3. The van der Waals surface area contributed by atoms with Crippen LogP contribution in [0, 0.1) is 0 Å². The molecule has 1 aromatic rings. The Hall–Kier alpha value is -2.04. The third-order valence-electron chi connectivity index (χ3n) is 9.13. The minimum absolute atomic E-state index is 0.0909. The lowest BCUT2D eigenvalue weighted by Crippen LogP contribution is -2.26. The zero-order valence-corrected chi connectivity index (χ0v) is 30.7. The average molecular weight is 643 g/mol. The molecule has 1 aromatic carbocycles. The summed E-state index contributed by atoms with van der Waals surface area (Å²) < 4.78 is 6.18.